The van der Waals surface area contributed by atoms with Gasteiger partial charge in [-0.2, -0.15) is 0 Å². The maximum absolute atomic E-state index is 10.1. The summed E-state index contributed by atoms with van der Waals surface area (Å²) in [7, 11) is 0. The Kier molecular flexibility index (Phi) is 3.27. The van der Waals surface area contributed by atoms with Gasteiger partial charge in [0.25, 0.3) is 0 Å². The summed E-state index contributed by atoms with van der Waals surface area (Å²) in [4.78, 5) is 10.1. The largest absolute Gasteiger partial charge is 0.408 e. The summed E-state index contributed by atoms with van der Waals surface area (Å²) in [6, 6.07) is 0. The van der Waals surface area contributed by atoms with Crippen LogP contribution in [-0.2, 0) is 9.53 Å². The molecule has 0 heterocycles. The number of aliphatic hydroxyl groups is 3. The first-order chi connectivity index (χ1) is 4.48. The van der Waals surface area contributed by atoms with Crippen molar-refractivity contribution in [1.82, 2.24) is 0 Å². The second-order valence-electron chi connectivity index (χ2n) is 1.81. The van der Waals surface area contributed by atoms with Gasteiger partial charge in [-0.05, 0) is 0 Å². The van der Waals surface area contributed by atoms with Gasteiger partial charge in [-0.1, -0.05) is 0 Å². The van der Waals surface area contributed by atoms with Crippen LogP contribution in [0.4, 0.5) is 0 Å². The monoisotopic (exact) mass is 150 g/mol. The molecular formula is C5H10O5. The Balaban J connectivity index is 3.74. The lowest BCUT2D eigenvalue weighted by atomic mass is 10.4. The van der Waals surface area contributed by atoms with E-state index >= 15 is 0 Å². The molecule has 0 bridgehead atoms. The van der Waals surface area contributed by atoms with Crippen LogP contribution in [0.3, 0.4) is 0 Å². The molecule has 0 fully saturated rings. The maximum Gasteiger partial charge on any atom is 0.326 e. The normalized spacial score (nSPS) is 11.2. The third-order valence-electron chi connectivity index (χ3n) is 0.745. The fourth-order valence-corrected chi connectivity index (χ4v) is 0.427. The van der Waals surface area contributed by atoms with Crippen molar-refractivity contribution in [3.8, 4) is 0 Å². The first kappa shape index (κ1) is 9.35. The summed E-state index contributed by atoms with van der Waals surface area (Å²) in [5.41, 5.74) is 0. The minimum absolute atomic E-state index is 0.410. The molecule has 5 nitrogen and oxygen atoms in total. The van der Waals surface area contributed by atoms with Crippen molar-refractivity contribution in [2.75, 3.05) is 6.61 Å². The van der Waals surface area contributed by atoms with Crippen molar-refractivity contribution in [3.63, 3.8) is 0 Å². The zero-order valence-electron chi connectivity index (χ0n) is 5.57. The van der Waals surface area contributed by atoms with E-state index in [4.69, 9.17) is 15.3 Å². The molecule has 0 rings (SSSR count). The third-order valence-corrected chi connectivity index (χ3v) is 0.745. The van der Waals surface area contributed by atoms with Gasteiger partial charge in [-0.25, -0.2) is 0 Å². The molecule has 10 heavy (non-hydrogen) atoms. The van der Waals surface area contributed by atoms with E-state index in [0.717, 1.165) is 6.92 Å². The second kappa shape index (κ2) is 3.50. The Labute approximate surface area is 57.9 Å². The number of carbonyl (C=O) groups is 1. The number of ether oxygens (including phenoxy) is 1. The third kappa shape index (κ3) is 4.25. The van der Waals surface area contributed by atoms with Crippen molar-refractivity contribution in [3.05, 3.63) is 0 Å². The highest BCUT2D eigenvalue weighted by molar-refractivity contribution is 5.66. The molecule has 0 aromatic carbocycles. The van der Waals surface area contributed by atoms with E-state index in [9.17, 15) is 4.79 Å². The Hall–Kier alpha value is -0.650. The smallest absolute Gasteiger partial charge is 0.326 e. The predicted octanol–water partition coefficient (Wildman–Crippen LogP) is -1.43. The second-order valence-corrected chi connectivity index (χ2v) is 1.81. The standard InChI is InChI=1S/C5H10O5/c1-4(7)10-5(8,9)2-3-6/h6,8-9H,2-3H2,1H3. The number of carbonyl (C=O) groups excluding carboxylic acids is 1. The van der Waals surface area contributed by atoms with Gasteiger partial charge in [0.15, 0.2) is 0 Å². The zero-order chi connectivity index (χ0) is 8.20. The molecule has 0 aliphatic heterocycles. The van der Waals surface area contributed by atoms with Crippen molar-refractivity contribution in [2.24, 2.45) is 0 Å². The quantitative estimate of drug-likeness (QED) is 0.339. The highest BCUT2D eigenvalue weighted by Gasteiger charge is 2.25. The van der Waals surface area contributed by atoms with Crippen molar-refractivity contribution in [1.29, 1.82) is 0 Å². The van der Waals surface area contributed by atoms with E-state index in [-0.39, 0.29) is 0 Å². The summed E-state index contributed by atoms with van der Waals surface area (Å²) < 4.78 is 3.99. The topological polar surface area (TPSA) is 87.0 Å². The van der Waals surface area contributed by atoms with E-state index in [1.807, 2.05) is 0 Å². The Bertz CT molecular complexity index is 119. The first-order valence-corrected chi connectivity index (χ1v) is 2.73. The SMILES string of the molecule is CC(=O)OC(O)(O)CCO. The van der Waals surface area contributed by atoms with E-state index in [1.165, 1.54) is 0 Å². The summed E-state index contributed by atoms with van der Waals surface area (Å²) >= 11 is 0. The molecule has 60 valence electrons. The van der Waals surface area contributed by atoms with Gasteiger partial charge in [-0.15, -0.1) is 0 Å². The average molecular weight is 150 g/mol. The Morgan fingerprint density at radius 1 is 1.60 bits per heavy atom. The first-order valence-electron chi connectivity index (χ1n) is 2.73. The van der Waals surface area contributed by atoms with Crippen LogP contribution < -0.4 is 0 Å². The molecule has 0 radical (unpaired) electrons. The van der Waals surface area contributed by atoms with Crippen LogP contribution in [0, 0.1) is 0 Å². The van der Waals surface area contributed by atoms with Crippen LogP contribution >= 0.6 is 0 Å². The Morgan fingerprint density at radius 3 is 2.40 bits per heavy atom. The molecule has 0 saturated heterocycles. The van der Waals surface area contributed by atoms with E-state index in [2.05, 4.69) is 4.74 Å². The van der Waals surface area contributed by atoms with Crippen molar-refractivity contribution >= 4 is 5.97 Å². The number of esters is 1. The van der Waals surface area contributed by atoms with Gasteiger partial charge in [0, 0.05) is 6.92 Å². The minimum Gasteiger partial charge on any atom is -0.408 e. The molecule has 5 heteroatoms. The van der Waals surface area contributed by atoms with Crippen LogP contribution in [0.25, 0.3) is 0 Å². The van der Waals surface area contributed by atoms with Crippen LogP contribution in [0.5, 0.6) is 0 Å². The molecular weight excluding hydrogens is 140 g/mol. The molecule has 0 saturated carbocycles. The van der Waals surface area contributed by atoms with E-state index in [1.54, 1.807) is 0 Å². The minimum atomic E-state index is -2.53. The lowest BCUT2D eigenvalue weighted by Gasteiger charge is -2.18. The lowest BCUT2D eigenvalue weighted by Crippen LogP contribution is -2.34. The number of rotatable bonds is 3. The van der Waals surface area contributed by atoms with Crippen LogP contribution in [-0.4, -0.2) is 33.9 Å². The highest BCUT2D eigenvalue weighted by Crippen LogP contribution is 2.06. The summed E-state index contributed by atoms with van der Waals surface area (Å²) in [6.45, 7) is 0.582. The summed E-state index contributed by atoms with van der Waals surface area (Å²) in [6.07, 6.45) is -0.410. The van der Waals surface area contributed by atoms with Crippen LogP contribution in [0.2, 0.25) is 0 Å². The highest BCUT2D eigenvalue weighted by atomic mass is 16.8. The fourth-order valence-electron chi connectivity index (χ4n) is 0.427. The molecule has 0 aliphatic carbocycles. The van der Waals surface area contributed by atoms with Gasteiger partial charge in [0.2, 0.25) is 0 Å². The lowest BCUT2D eigenvalue weighted by molar-refractivity contribution is -0.323. The molecule has 0 amide bonds. The molecule has 3 N–H and O–H groups in total. The van der Waals surface area contributed by atoms with E-state index < -0.39 is 25.0 Å². The van der Waals surface area contributed by atoms with Gasteiger partial charge in [0.1, 0.15) is 0 Å². The number of hydrogen-bond acceptors (Lipinski definition) is 5. The summed E-state index contributed by atoms with van der Waals surface area (Å²) in [5, 5.41) is 25.5. The van der Waals surface area contributed by atoms with Crippen LogP contribution in [0.15, 0.2) is 0 Å². The number of hydrogen-bond donors (Lipinski definition) is 3. The predicted molar refractivity (Wildman–Crippen MR) is 30.6 cm³/mol. The van der Waals surface area contributed by atoms with Crippen LogP contribution in [0.1, 0.15) is 13.3 Å². The fraction of sp³-hybridized carbons (Fsp3) is 0.800. The van der Waals surface area contributed by atoms with Gasteiger partial charge in [-0.3, -0.25) is 4.79 Å². The van der Waals surface area contributed by atoms with Crippen molar-refractivity contribution in [2.45, 2.75) is 19.3 Å². The van der Waals surface area contributed by atoms with Gasteiger partial charge < -0.3 is 20.1 Å². The van der Waals surface area contributed by atoms with Gasteiger partial charge in [0.05, 0.1) is 13.0 Å². The van der Waals surface area contributed by atoms with Gasteiger partial charge >= 0.3 is 11.9 Å². The molecule has 0 spiro atoms. The molecule has 0 aliphatic rings. The maximum atomic E-state index is 10.1. The molecule has 0 aromatic rings. The zero-order valence-corrected chi connectivity index (χ0v) is 5.57. The number of aliphatic hydroxyl groups excluding tert-OH is 1. The van der Waals surface area contributed by atoms with Crippen molar-refractivity contribution < 1.29 is 24.9 Å². The van der Waals surface area contributed by atoms with E-state index in [0.29, 0.717) is 0 Å². The average Bonchev–Trinajstić information content (AvgIpc) is 1.59. The molecule has 0 aromatic heterocycles. The summed E-state index contributed by atoms with van der Waals surface area (Å²) in [5.74, 6) is -3.33. The molecule has 0 atom stereocenters. The molecule has 0 unspecified atom stereocenters. The Morgan fingerprint density at radius 2 is 2.10 bits per heavy atom.